The molecule has 1 heterocycles. The summed E-state index contributed by atoms with van der Waals surface area (Å²) < 4.78 is 66.6. The van der Waals surface area contributed by atoms with E-state index in [-0.39, 0.29) is 0 Å². The van der Waals surface area contributed by atoms with E-state index in [1.807, 2.05) is 0 Å². The normalized spacial score (nSPS) is 35.2. The molecule has 1 aliphatic heterocycles. The highest BCUT2D eigenvalue weighted by Crippen LogP contribution is 2.00. The number of hydrogen-bond acceptors (Lipinski definition) is 12. The molecule has 1 aliphatic rings. The van der Waals surface area contributed by atoms with Gasteiger partial charge in [0.1, 0.15) is 0 Å². The summed E-state index contributed by atoms with van der Waals surface area (Å²) in [5.41, 5.74) is 0. The van der Waals surface area contributed by atoms with E-state index in [9.17, 15) is 0 Å². The maximum atomic E-state index is 5.85. The van der Waals surface area contributed by atoms with Crippen LogP contribution in [0.15, 0.2) is 0 Å². The molecule has 0 spiro atoms. The average molecular weight is 595 g/mol. The van der Waals surface area contributed by atoms with Crippen molar-refractivity contribution in [3.8, 4) is 0 Å². The van der Waals surface area contributed by atoms with Crippen LogP contribution in [0.5, 0.6) is 0 Å². The molecule has 0 atom stereocenters. The van der Waals surface area contributed by atoms with Crippen LogP contribution in [-0.4, -0.2) is 119 Å². The van der Waals surface area contributed by atoms with Crippen molar-refractivity contribution in [3.63, 3.8) is 0 Å². The molecular formula is C3H30O12Si12. The van der Waals surface area contributed by atoms with Crippen molar-refractivity contribution in [2.24, 2.45) is 0 Å². The fourth-order valence-corrected chi connectivity index (χ4v) is 24.9. The van der Waals surface area contributed by atoms with Crippen molar-refractivity contribution < 1.29 is 49.4 Å². The third-order valence-corrected chi connectivity index (χ3v) is 21.1. The molecule has 1 saturated heterocycles. The molecule has 0 amide bonds. The summed E-state index contributed by atoms with van der Waals surface area (Å²) >= 11 is 0. The van der Waals surface area contributed by atoms with Crippen LogP contribution in [0.2, 0.25) is 6.04 Å². The molecule has 27 heavy (non-hydrogen) atoms. The Hall–Kier alpha value is 2.12. The van der Waals surface area contributed by atoms with E-state index in [1.54, 1.807) is 0 Å². The zero-order valence-corrected chi connectivity index (χ0v) is 32.4. The SMILES string of the molecule is CCC[SiH]1O[SiH2]O[SiH2]O[SiH2]O[SiH2]O[SiH2]O[SiH2]O[SiH2]O[SiH2]O[SiH2]O[SiH2]O[SiH2]O1. The molecule has 0 unspecified atom stereocenters. The van der Waals surface area contributed by atoms with Crippen LogP contribution in [-0.2, 0) is 49.4 Å². The molecule has 162 valence electrons. The lowest BCUT2D eigenvalue weighted by Crippen LogP contribution is -2.30. The van der Waals surface area contributed by atoms with Gasteiger partial charge in [-0.3, -0.25) is 0 Å². The molecular weight excluding hydrogens is 565 g/mol. The minimum Gasteiger partial charge on any atom is -0.425 e. The van der Waals surface area contributed by atoms with Gasteiger partial charge in [0.15, 0.2) is 0 Å². The second-order valence-electron chi connectivity index (χ2n) is 4.89. The molecule has 0 aromatic carbocycles. The Morgan fingerprint density at radius 3 is 0.963 bits per heavy atom. The van der Waals surface area contributed by atoms with E-state index < -0.39 is 119 Å². The monoisotopic (exact) mass is 594 g/mol. The van der Waals surface area contributed by atoms with Gasteiger partial charge in [-0.05, 0) is 6.04 Å². The maximum absolute atomic E-state index is 5.85. The van der Waals surface area contributed by atoms with Gasteiger partial charge in [-0.1, -0.05) is 13.3 Å². The Labute approximate surface area is 187 Å². The Balaban J connectivity index is 2.16. The lowest BCUT2D eigenvalue weighted by molar-refractivity contribution is 0.341. The topological polar surface area (TPSA) is 111 Å². The second kappa shape index (κ2) is 22.8. The Morgan fingerprint density at radius 2 is 0.704 bits per heavy atom. The fraction of sp³-hybridized carbons (Fsp3) is 1.00. The van der Waals surface area contributed by atoms with Gasteiger partial charge in [0, 0.05) is 0 Å². The molecule has 1 fully saturated rings. The molecule has 0 radical (unpaired) electrons. The zero-order chi connectivity index (χ0) is 19.3. The van der Waals surface area contributed by atoms with Crippen LogP contribution in [0.3, 0.4) is 0 Å². The van der Waals surface area contributed by atoms with Crippen LogP contribution < -0.4 is 0 Å². The minimum absolute atomic E-state index is 0.970. The van der Waals surface area contributed by atoms with Gasteiger partial charge >= 0.3 is 9.28 Å². The molecule has 0 N–H and O–H groups in total. The van der Waals surface area contributed by atoms with Gasteiger partial charge in [-0.15, -0.1) is 0 Å². The lowest BCUT2D eigenvalue weighted by atomic mass is 10.6. The van der Waals surface area contributed by atoms with Gasteiger partial charge < -0.3 is 49.4 Å². The van der Waals surface area contributed by atoms with Crippen molar-refractivity contribution in [2.45, 2.75) is 19.4 Å². The Bertz CT molecular complexity index is 283. The van der Waals surface area contributed by atoms with E-state index in [0.29, 0.717) is 0 Å². The van der Waals surface area contributed by atoms with Crippen molar-refractivity contribution >= 4 is 119 Å². The Morgan fingerprint density at radius 1 is 0.444 bits per heavy atom. The van der Waals surface area contributed by atoms with Crippen LogP contribution in [0.25, 0.3) is 0 Å². The van der Waals surface area contributed by atoms with Gasteiger partial charge in [-0.2, -0.15) is 0 Å². The van der Waals surface area contributed by atoms with Crippen LogP contribution in [0, 0.1) is 0 Å². The summed E-state index contributed by atoms with van der Waals surface area (Å²) in [4.78, 5) is 0. The molecule has 0 aliphatic carbocycles. The van der Waals surface area contributed by atoms with Crippen molar-refractivity contribution in [1.29, 1.82) is 0 Å². The van der Waals surface area contributed by atoms with Crippen LogP contribution >= 0.6 is 0 Å². The van der Waals surface area contributed by atoms with E-state index in [1.165, 1.54) is 0 Å². The first-order valence-corrected chi connectivity index (χ1v) is 22.9. The highest BCUT2D eigenvalue weighted by molar-refractivity contribution is 6.58. The standard InChI is InChI=1S/C3H30O12Si12/c1-2-3-27-14-25-12-23-10-21-8-19-6-17-4-16-5-18-7-20-9-22-11-24-13-26-15-27/h27H,2-3,16-26H2,1H3. The lowest BCUT2D eigenvalue weighted by Gasteiger charge is -2.17. The Kier molecular flexibility index (Phi) is 22.9. The van der Waals surface area contributed by atoms with E-state index in [4.69, 9.17) is 49.4 Å². The molecule has 0 aromatic rings. The molecule has 12 nitrogen and oxygen atoms in total. The number of rotatable bonds is 2. The predicted octanol–water partition coefficient (Wildman–Crippen LogP) is -10.2. The first kappa shape index (κ1) is 27.2. The van der Waals surface area contributed by atoms with E-state index in [2.05, 4.69) is 6.92 Å². The smallest absolute Gasteiger partial charge is 0.303 e. The first-order chi connectivity index (χ1) is 13.4. The minimum atomic E-state index is -1.65. The fourth-order valence-electron chi connectivity index (χ4n) is 1.57. The quantitative estimate of drug-likeness (QED) is 0.283. The van der Waals surface area contributed by atoms with Crippen molar-refractivity contribution in [2.75, 3.05) is 0 Å². The third-order valence-electron chi connectivity index (χ3n) is 2.70. The average Bonchev–Trinajstić information content (AvgIpc) is 2.67. The van der Waals surface area contributed by atoms with Gasteiger partial charge in [-0.25, -0.2) is 0 Å². The molecule has 24 heteroatoms. The third kappa shape index (κ3) is 19.8. The van der Waals surface area contributed by atoms with Crippen molar-refractivity contribution in [1.82, 2.24) is 0 Å². The zero-order valence-electron chi connectivity index (χ0n) is 15.7. The summed E-state index contributed by atoms with van der Waals surface area (Å²) in [7, 11) is -12.5. The first-order valence-electron chi connectivity index (χ1n) is 8.44. The second-order valence-corrected chi connectivity index (χ2v) is 27.9. The summed E-state index contributed by atoms with van der Waals surface area (Å²) in [5.74, 6) is 0. The van der Waals surface area contributed by atoms with Crippen molar-refractivity contribution in [3.05, 3.63) is 0 Å². The predicted molar refractivity (Wildman–Crippen MR) is 129 cm³/mol. The summed E-state index contributed by atoms with van der Waals surface area (Å²) in [6, 6.07) is 0.972. The molecule has 0 aromatic heterocycles. The van der Waals surface area contributed by atoms with Gasteiger partial charge in [0.25, 0.3) is 110 Å². The highest BCUT2D eigenvalue weighted by Gasteiger charge is 2.12. The molecule has 0 saturated carbocycles. The van der Waals surface area contributed by atoms with E-state index in [0.717, 1.165) is 12.5 Å². The van der Waals surface area contributed by atoms with Crippen LogP contribution in [0.4, 0.5) is 0 Å². The van der Waals surface area contributed by atoms with Crippen LogP contribution in [0.1, 0.15) is 13.3 Å². The number of hydrogen-bond donors (Lipinski definition) is 0. The van der Waals surface area contributed by atoms with Gasteiger partial charge in [0.2, 0.25) is 0 Å². The maximum Gasteiger partial charge on any atom is 0.303 e. The molecule has 0 bridgehead atoms. The van der Waals surface area contributed by atoms with E-state index >= 15 is 0 Å². The highest BCUT2D eigenvalue weighted by atomic mass is 28.4. The summed E-state index contributed by atoms with van der Waals surface area (Å²) in [5, 5.41) is 0. The van der Waals surface area contributed by atoms with Gasteiger partial charge in [0.05, 0.1) is 0 Å². The summed E-state index contributed by atoms with van der Waals surface area (Å²) in [6.07, 6.45) is 1.04. The largest absolute Gasteiger partial charge is 0.425 e. The molecule has 1 rings (SSSR count). The summed E-state index contributed by atoms with van der Waals surface area (Å²) in [6.45, 7) is 2.13.